The molecular formula is C10H20O3. The van der Waals surface area contributed by atoms with Crippen molar-refractivity contribution in [2.45, 2.75) is 51.4 Å². The zero-order chi connectivity index (χ0) is 9.52. The van der Waals surface area contributed by atoms with Crippen molar-refractivity contribution in [1.29, 1.82) is 0 Å². The van der Waals surface area contributed by atoms with Gasteiger partial charge >= 0.3 is 0 Å². The number of rotatable bonds is 2. The molecule has 1 rings (SSSR count). The fourth-order valence-corrected chi connectivity index (χ4v) is 1.45. The molecule has 1 heterocycles. The average molecular weight is 188 g/mol. The first-order valence-electron chi connectivity index (χ1n) is 5.24. The molecule has 0 saturated carbocycles. The molecule has 13 heavy (non-hydrogen) atoms. The molecule has 0 aromatic rings. The van der Waals surface area contributed by atoms with Crippen molar-refractivity contribution >= 4 is 0 Å². The highest BCUT2D eigenvalue weighted by molar-refractivity contribution is 4.58. The molecule has 0 aromatic heterocycles. The molecule has 0 aromatic carbocycles. The van der Waals surface area contributed by atoms with Gasteiger partial charge in [-0.3, -0.25) is 0 Å². The van der Waals surface area contributed by atoms with Crippen molar-refractivity contribution in [3.05, 3.63) is 0 Å². The Morgan fingerprint density at radius 2 is 2.15 bits per heavy atom. The zero-order valence-corrected chi connectivity index (χ0v) is 8.37. The summed E-state index contributed by atoms with van der Waals surface area (Å²) >= 11 is 0. The second-order valence-electron chi connectivity index (χ2n) is 3.57. The van der Waals surface area contributed by atoms with Crippen LogP contribution in [0.5, 0.6) is 0 Å². The molecule has 3 nitrogen and oxygen atoms in total. The normalized spacial score (nSPS) is 31.8. The quantitative estimate of drug-likeness (QED) is 0.716. The Bertz CT molecular complexity index is 127. The first-order valence-corrected chi connectivity index (χ1v) is 5.24. The van der Waals surface area contributed by atoms with Crippen molar-refractivity contribution in [2.24, 2.45) is 0 Å². The second-order valence-corrected chi connectivity index (χ2v) is 3.57. The summed E-state index contributed by atoms with van der Waals surface area (Å²) in [5.74, 6) is 0. The van der Waals surface area contributed by atoms with Gasteiger partial charge in [-0.2, -0.15) is 0 Å². The van der Waals surface area contributed by atoms with E-state index in [0.717, 1.165) is 38.7 Å². The summed E-state index contributed by atoms with van der Waals surface area (Å²) in [7, 11) is 0. The molecular weight excluding hydrogens is 168 g/mol. The summed E-state index contributed by atoms with van der Waals surface area (Å²) in [5.41, 5.74) is 0. The lowest BCUT2D eigenvalue weighted by Gasteiger charge is -2.17. The highest BCUT2D eigenvalue weighted by Crippen LogP contribution is 2.11. The van der Waals surface area contributed by atoms with Gasteiger partial charge in [0.1, 0.15) is 0 Å². The topological polar surface area (TPSA) is 38.7 Å². The molecule has 0 radical (unpaired) electrons. The molecule has 1 aliphatic heterocycles. The van der Waals surface area contributed by atoms with Gasteiger partial charge in [0, 0.05) is 6.61 Å². The SMILES string of the molecule is CCCC1OCCCCC(O)CO1. The van der Waals surface area contributed by atoms with Gasteiger partial charge in [-0.05, 0) is 25.7 Å². The summed E-state index contributed by atoms with van der Waals surface area (Å²) in [4.78, 5) is 0. The monoisotopic (exact) mass is 188 g/mol. The number of hydrogen-bond donors (Lipinski definition) is 1. The largest absolute Gasteiger partial charge is 0.391 e. The van der Waals surface area contributed by atoms with Crippen LogP contribution >= 0.6 is 0 Å². The predicted molar refractivity (Wildman–Crippen MR) is 50.5 cm³/mol. The molecule has 0 amide bonds. The first-order chi connectivity index (χ1) is 6.33. The van der Waals surface area contributed by atoms with E-state index in [-0.39, 0.29) is 12.4 Å². The van der Waals surface area contributed by atoms with Gasteiger partial charge < -0.3 is 14.6 Å². The van der Waals surface area contributed by atoms with Crippen LogP contribution in [0.2, 0.25) is 0 Å². The maximum absolute atomic E-state index is 9.44. The fraction of sp³-hybridized carbons (Fsp3) is 1.00. The van der Waals surface area contributed by atoms with Crippen LogP contribution in [0.1, 0.15) is 39.0 Å². The van der Waals surface area contributed by atoms with E-state index in [2.05, 4.69) is 6.92 Å². The summed E-state index contributed by atoms with van der Waals surface area (Å²) in [6.45, 7) is 3.29. The minimum Gasteiger partial charge on any atom is -0.391 e. The van der Waals surface area contributed by atoms with E-state index in [0.29, 0.717) is 6.61 Å². The molecule has 0 bridgehead atoms. The number of ether oxygens (including phenoxy) is 2. The Morgan fingerprint density at radius 1 is 1.31 bits per heavy atom. The molecule has 1 N–H and O–H groups in total. The van der Waals surface area contributed by atoms with Crippen molar-refractivity contribution < 1.29 is 14.6 Å². The third-order valence-electron chi connectivity index (χ3n) is 2.23. The van der Waals surface area contributed by atoms with Crippen LogP contribution in [0.25, 0.3) is 0 Å². The van der Waals surface area contributed by atoms with E-state index < -0.39 is 0 Å². The van der Waals surface area contributed by atoms with Gasteiger partial charge in [-0.15, -0.1) is 0 Å². The van der Waals surface area contributed by atoms with Gasteiger partial charge in [-0.25, -0.2) is 0 Å². The smallest absolute Gasteiger partial charge is 0.157 e. The molecule has 0 spiro atoms. The molecule has 2 atom stereocenters. The molecule has 1 saturated heterocycles. The van der Waals surface area contributed by atoms with Crippen LogP contribution < -0.4 is 0 Å². The zero-order valence-electron chi connectivity index (χ0n) is 8.37. The van der Waals surface area contributed by atoms with Gasteiger partial charge in [0.15, 0.2) is 6.29 Å². The summed E-state index contributed by atoms with van der Waals surface area (Å²) < 4.78 is 11.0. The Hall–Kier alpha value is -0.120. The highest BCUT2D eigenvalue weighted by Gasteiger charge is 2.13. The maximum atomic E-state index is 9.44. The molecule has 2 unspecified atom stereocenters. The van der Waals surface area contributed by atoms with Crippen LogP contribution in [0.3, 0.4) is 0 Å². The van der Waals surface area contributed by atoms with Crippen LogP contribution in [0.15, 0.2) is 0 Å². The second kappa shape index (κ2) is 6.35. The third kappa shape index (κ3) is 4.60. The Balaban J connectivity index is 2.28. The van der Waals surface area contributed by atoms with E-state index >= 15 is 0 Å². The van der Waals surface area contributed by atoms with E-state index in [1.165, 1.54) is 0 Å². The number of aliphatic hydroxyl groups excluding tert-OH is 1. The Morgan fingerprint density at radius 3 is 2.92 bits per heavy atom. The summed E-state index contributed by atoms with van der Waals surface area (Å²) in [6.07, 6.45) is 4.47. The summed E-state index contributed by atoms with van der Waals surface area (Å²) in [5, 5.41) is 9.44. The van der Waals surface area contributed by atoms with E-state index in [1.54, 1.807) is 0 Å². The standard InChI is InChI=1S/C10H20O3/c1-2-5-10-12-7-4-3-6-9(11)8-13-10/h9-11H,2-8H2,1H3. The molecule has 1 aliphatic rings. The molecule has 78 valence electrons. The van der Waals surface area contributed by atoms with Crippen molar-refractivity contribution in [3.63, 3.8) is 0 Å². The minimum absolute atomic E-state index is 0.0993. The first kappa shape index (κ1) is 11.0. The van der Waals surface area contributed by atoms with Crippen molar-refractivity contribution in [1.82, 2.24) is 0 Å². The molecule has 3 heteroatoms. The lowest BCUT2D eigenvalue weighted by molar-refractivity contribution is -0.156. The van der Waals surface area contributed by atoms with Crippen LogP contribution in [0.4, 0.5) is 0 Å². The molecule has 1 fully saturated rings. The minimum atomic E-state index is -0.305. The fourth-order valence-electron chi connectivity index (χ4n) is 1.45. The van der Waals surface area contributed by atoms with Gasteiger partial charge in [0.05, 0.1) is 12.7 Å². The third-order valence-corrected chi connectivity index (χ3v) is 2.23. The lowest BCUT2D eigenvalue weighted by atomic mass is 10.2. The van der Waals surface area contributed by atoms with E-state index in [1.807, 2.05) is 0 Å². The Kier molecular flexibility index (Phi) is 5.35. The van der Waals surface area contributed by atoms with Gasteiger partial charge in [-0.1, -0.05) is 13.3 Å². The number of hydrogen-bond acceptors (Lipinski definition) is 3. The summed E-state index contributed by atoms with van der Waals surface area (Å²) in [6, 6.07) is 0. The van der Waals surface area contributed by atoms with Crippen molar-refractivity contribution in [3.8, 4) is 0 Å². The average Bonchev–Trinajstić information content (AvgIpc) is 2.21. The van der Waals surface area contributed by atoms with Crippen LogP contribution in [-0.4, -0.2) is 30.7 Å². The van der Waals surface area contributed by atoms with E-state index in [4.69, 9.17) is 9.47 Å². The van der Waals surface area contributed by atoms with Crippen molar-refractivity contribution in [2.75, 3.05) is 13.2 Å². The van der Waals surface area contributed by atoms with Crippen LogP contribution in [-0.2, 0) is 9.47 Å². The van der Waals surface area contributed by atoms with Crippen LogP contribution in [0, 0.1) is 0 Å². The lowest BCUT2D eigenvalue weighted by Crippen LogP contribution is -2.22. The maximum Gasteiger partial charge on any atom is 0.157 e. The molecule has 0 aliphatic carbocycles. The highest BCUT2D eigenvalue weighted by atomic mass is 16.7. The Labute approximate surface area is 80.0 Å². The van der Waals surface area contributed by atoms with Gasteiger partial charge in [0.2, 0.25) is 0 Å². The number of aliphatic hydroxyl groups is 1. The van der Waals surface area contributed by atoms with E-state index in [9.17, 15) is 5.11 Å². The van der Waals surface area contributed by atoms with Gasteiger partial charge in [0.25, 0.3) is 0 Å². The predicted octanol–water partition coefficient (Wildman–Crippen LogP) is 1.69.